The Balaban J connectivity index is 1.70. The van der Waals surface area contributed by atoms with Crippen molar-refractivity contribution in [3.8, 4) is 11.5 Å². The van der Waals surface area contributed by atoms with Crippen LogP contribution < -0.4 is 14.4 Å². The molecule has 0 amide bonds. The van der Waals surface area contributed by atoms with Crippen LogP contribution in [0, 0.1) is 0 Å². The highest BCUT2D eigenvalue weighted by Gasteiger charge is 2.20. The summed E-state index contributed by atoms with van der Waals surface area (Å²) >= 11 is 0. The smallest absolute Gasteiger partial charge is 0.335 e. The van der Waals surface area contributed by atoms with E-state index in [1.807, 2.05) is 24.3 Å². The molecular formula is C24H25N3O4. The fourth-order valence-corrected chi connectivity index (χ4v) is 3.82. The van der Waals surface area contributed by atoms with Gasteiger partial charge >= 0.3 is 5.97 Å². The fraction of sp³-hybridized carbons (Fsp3) is 0.292. The molecule has 1 fully saturated rings. The van der Waals surface area contributed by atoms with E-state index < -0.39 is 5.97 Å². The molecule has 7 heteroatoms. The number of nitrogens with zero attached hydrogens (tertiary/aromatic N) is 3. The lowest BCUT2D eigenvalue weighted by Crippen LogP contribution is -2.18. The van der Waals surface area contributed by atoms with Gasteiger partial charge in [0.15, 0.2) is 11.5 Å². The molecule has 0 aliphatic heterocycles. The molecule has 0 saturated heterocycles. The SMILES string of the molecule is COc1ccc(N(Cc2ccnnc2)c2ccc(C(=O)O)cc2)cc1OC1CCCC1. The van der Waals surface area contributed by atoms with Gasteiger partial charge in [-0.2, -0.15) is 10.2 Å². The van der Waals surface area contributed by atoms with Crippen LogP contribution in [0.3, 0.4) is 0 Å². The van der Waals surface area contributed by atoms with E-state index in [0.717, 1.165) is 29.8 Å². The molecule has 160 valence electrons. The highest BCUT2D eigenvalue weighted by molar-refractivity contribution is 5.88. The summed E-state index contributed by atoms with van der Waals surface area (Å²) in [6, 6.07) is 14.6. The van der Waals surface area contributed by atoms with E-state index in [1.165, 1.54) is 12.8 Å². The van der Waals surface area contributed by atoms with Crippen molar-refractivity contribution < 1.29 is 19.4 Å². The predicted molar refractivity (Wildman–Crippen MR) is 117 cm³/mol. The van der Waals surface area contributed by atoms with Crippen LogP contribution in [0.4, 0.5) is 11.4 Å². The van der Waals surface area contributed by atoms with E-state index >= 15 is 0 Å². The van der Waals surface area contributed by atoms with Gasteiger partial charge < -0.3 is 19.5 Å². The number of carboxylic acid groups (broad SMARTS) is 1. The van der Waals surface area contributed by atoms with Gasteiger partial charge in [0.05, 0.1) is 25.0 Å². The Morgan fingerprint density at radius 1 is 1.03 bits per heavy atom. The molecule has 4 rings (SSSR count). The van der Waals surface area contributed by atoms with E-state index in [9.17, 15) is 9.90 Å². The summed E-state index contributed by atoms with van der Waals surface area (Å²) < 4.78 is 11.8. The first-order valence-corrected chi connectivity index (χ1v) is 10.3. The number of ether oxygens (including phenoxy) is 2. The van der Waals surface area contributed by atoms with Crippen molar-refractivity contribution in [1.29, 1.82) is 0 Å². The zero-order chi connectivity index (χ0) is 21.6. The molecule has 3 aromatic rings. The summed E-state index contributed by atoms with van der Waals surface area (Å²) in [7, 11) is 1.64. The number of hydrogen-bond donors (Lipinski definition) is 1. The van der Waals surface area contributed by atoms with Crippen LogP contribution in [0.1, 0.15) is 41.6 Å². The van der Waals surface area contributed by atoms with Crippen LogP contribution >= 0.6 is 0 Å². The first kappa shape index (κ1) is 20.7. The molecule has 1 N–H and O–H groups in total. The van der Waals surface area contributed by atoms with E-state index in [0.29, 0.717) is 18.0 Å². The number of aromatic nitrogens is 2. The molecule has 1 heterocycles. The van der Waals surface area contributed by atoms with Crippen molar-refractivity contribution in [3.63, 3.8) is 0 Å². The van der Waals surface area contributed by atoms with Crippen LogP contribution in [0.25, 0.3) is 0 Å². The summed E-state index contributed by atoms with van der Waals surface area (Å²) in [5.74, 6) is 0.461. The van der Waals surface area contributed by atoms with Gasteiger partial charge in [-0.15, -0.1) is 0 Å². The zero-order valence-electron chi connectivity index (χ0n) is 17.4. The Hall–Kier alpha value is -3.61. The number of aromatic carboxylic acids is 1. The van der Waals surface area contributed by atoms with Gasteiger partial charge in [0.2, 0.25) is 0 Å². The molecule has 2 aromatic carbocycles. The Morgan fingerprint density at radius 3 is 2.42 bits per heavy atom. The van der Waals surface area contributed by atoms with Crippen LogP contribution in [0.2, 0.25) is 0 Å². The molecule has 7 nitrogen and oxygen atoms in total. The largest absolute Gasteiger partial charge is 0.493 e. The maximum atomic E-state index is 11.3. The molecule has 1 aliphatic carbocycles. The molecule has 0 radical (unpaired) electrons. The van der Waals surface area contributed by atoms with Crippen molar-refractivity contribution in [1.82, 2.24) is 10.2 Å². The third-order valence-corrected chi connectivity index (χ3v) is 5.47. The van der Waals surface area contributed by atoms with Crippen LogP contribution in [0.15, 0.2) is 60.9 Å². The normalized spacial score (nSPS) is 13.7. The monoisotopic (exact) mass is 419 g/mol. The maximum Gasteiger partial charge on any atom is 0.335 e. The maximum absolute atomic E-state index is 11.3. The van der Waals surface area contributed by atoms with Crippen molar-refractivity contribution in [3.05, 3.63) is 72.1 Å². The standard InChI is InChI=1S/C24H25N3O4/c1-30-22-11-10-20(14-23(22)31-21-4-2-3-5-21)27(16-17-12-13-25-26-15-17)19-8-6-18(7-9-19)24(28)29/h6-15,21H,2-5,16H2,1H3,(H,28,29). The van der Waals surface area contributed by atoms with E-state index in [2.05, 4.69) is 15.1 Å². The molecule has 0 bridgehead atoms. The summed E-state index contributed by atoms with van der Waals surface area (Å²) in [5, 5.41) is 17.1. The number of carbonyl (C=O) groups is 1. The van der Waals surface area contributed by atoms with Gasteiger partial charge in [-0.3, -0.25) is 0 Å². The number of anilines is 2. The van der Waals surface area contributed by atoms with Gasteiger partial charge in [-0.1, -0.05) is 0 Å². The molecule has 1 saturated carbocycles. The quantitative estimate of drug-likeness (QED) is 0.559. The Morgan fingerprint density at radius 2 is 1.77 bits per heavy atom. The number of hydrogen-bond acceptors (Lipinski definition) is 6. The van der Waals surface area contributed by atoms with Crippen molar-refractivity contribution >= 4 is 17.3 Å². The second-order valence-corrected chi connectivity index (χ2v) is 7.55. The first-order valence-electron chi connectivity index (χ1n) is 10.3. The molecule has 0 spiro atoms. The zero-order valence-corrected chi connectivity index (χ0v) is 17.4. The van der Waals surface area contributed by atoms with Gasteiger partial charge in [0.1, 0.15) is 0 Å². The Kier molecular flexibility index (Phi) is 6.31. The lowest BCUT2D eigenvalue weighted by Gasteiger charge is -2.26. The topological polar surface area (TPSA) is 84.8 Å². The number of carboxylic acids is 1. The minimum atomic E-state index is -0.951. The number of benzene rings is 2. The van der Waals surface area contributed by atoms with Gasteiger partial charge in [0, 0.05) is 30.2 Å². The molecule has 0 atom stereocenters. The number of rotatable bonds is 8. The molecule has 0 unspecified atom stereocenters. The molecule has 1 aromatic heterocycles. The summed E-state index contributed by atoms with van der Waals surface area (Å²) in [4.78, 5) is 13.4. The summed E-state index contributed by atoms with van der Waals surface area (Å²) in [6.07, 6.45) is 8.05. The van der Waals surface area contributed by atoms with E-state index in [4.69, 9.17) is 9.47 Å². The minimum absolute atomic E-state index is 0.205. The number of methoxy groups -OCH3 is 1. The second kappa shape index (κ2) is 9.47. The van der Waals surface area contributed by atoms with Crippen molar-refractivity contribution in [2.45, 2.75) is 38.3 Å². The third kappa shape index (κ3) is 4.94. The average molecular weight is 419 g/mol. The van der Waals surface area contributed by atoms with Gasteiger partial charge in [0.25, 0.3) is 0 Å². The summed E-state index contributed by atoms with van der Waals surface area (Å²) in [6.45, 7) is 0.539. The summed E-state index contributed by atoms with van der Waals surface area (Å²) in [5.41, 5.74) is 2.99. The van der Waals surface area contributed by atoms with E-state index in [-0.39, 0.29) is 11.7 Å². The third-order valence-electron chi connectivity index (χ3n) is 5.47. The highest BCUT2D eigenvalue weighted by atomic mass is 16.5. The molecule has 1 aliphatic rings. The minimum Gasteiger partial charge on any atom is -0.493 e. The van der Waals surface area contributed by atoms with Crippen LogP contribution in [0.5, 0.6) is 11.5 Å². The lowest BCUT2D eigenvalue weighted by atomic mass is 10.1. The first-order chi connectivity index (χ1) is 15.1. The fourth-order valence-electron chi connectivity index (χ4n) is 3.82. The van der Waals surface area contributed by atoms with Crippen LogP contribution in [-0.4, -0.2) is 34.5 Å². The predicted octanol–water partition coefficient (Wildman–Crippen LogP) is 4.84. The molecular weight excluding hydrogens is 394 g/mol. The Bertz CT molecular complexity index is 1020. The highest BCUT2D eigenvalue weighted by Crippen LogP contribution is 2.37. The van der Waals surface area contributed by atoms with Crippen LogP contribution in [-0.2, 0) is 6.54 Å². The average Bonchev–Trinajstić information content (AvgIpc) is 3.31. The molecule has 31 heavy (non-hydrogen) atoms. The van der Waals surface area contributed by atoms with Gasteiger partial charge in [-0.25, -0.2) is 4.79 Å². The van der Waals surface area contributed by atoms with Crippen molar-refractivity contribution in [2.24, 2.45) is 0 Å². The van der Waals surface area contributed by atoms with Gasteiger partial charge in [-0.05, 0) is 73.7 Å². The van der Waals surface area contributed by atoms with E-state index in [1.54, 1.807) is 43.8 Å². The lowest BCUT2D eigenvalue weighted by molar-refractivity contribution is 0.0697. The van der Waals surface area contributed by atoms with Crippen molar-refractivity contribution in [2.75, 3.05) is 12.0 Å². The Labute approximate surface area is 181 Å². The second-order valence-electron chi connectivity index (χ2n) is 7.55.